The van der Waals surface area contributed by atoms with Crippen LogP contribution in [0.5, 0.6) is 11.6 Å². The zero-order chi connectivity index (χ0) is 29.0. The number of halogens is 1. The van der Waals surface area contributed by atoms with Crippen LogP contribution in [0.15, 0.2) is 48.5 Å². The first-order chi connectivity index (χ1) is 19.1. The number of aliphatic hydroxyl groups is 3. The summed E-state index contributed by atoms with van der Waals surface area (Å²) in [6, 6.07) is 13.5. The van der Waals surface area contributed by atoms with Crippen molar-refractivity contribution in [3.8, 4) is 11.6 Å². The van der Waals surface area contributed by atoms with Crippen LogP contribution in [0.25, 0.3) is 0 Å². The Morgan fingerprint density at radius 1 is 1.10 bits per heavy atom. The van der Waals surface area contributed by atoms with Crippen LogP contribution in [0.1, 0.15) is 42.3 Å². The number of carbonyl (C=O) groups excluding carboxylic acids is 1. The highest BCUT2D eigenvalue weighted by Gasteiger charge is 2.46. The summed E-state index contributed by atoms with van der Waals surface area (Å²) in [6.07, 6.45) is -7.31. The van der Waals surface area contributed by atoms with Gasteiger partial charge in [-0.3, -0.25) is 9.48 Å². The molecule has 0 unspecified atom stereocenters. The van der Waals surface area contributed by atoms with Crippen molar-refractivity contribution in [2.75, 3.05) is 13.7 Å². The van der Waals surface area contributed by atoms with Gasteiger partial charge in [0.1, 0.15) is 42.6 Å². The molecule has 216 valence electrons. The molecular formula is C29H35FN2O8. The van der Waals surface area contributed by atoms with Gasteiger partial charge in [0.15, 0.2) is 0 Å². The minimum absolute atomic E-state index is 0.0198. The van der Waals surface area contributed by atoms with Crippen LogP contribution in [0.2, 0.25) is 0 Å². The summed E-state index contributed by atoms with van der Waals surface area (Å²) in [6.45, 7) is 5.29. The molecule has 1 fully saturated rings. The molecule has 1 saturated heterocycles. The third-order valence-corrected chi connectivity index (χ3v) is 6.85. The molecule has 2 heterocycles. The van der Waals surface area contributed by atoms with Crippen molar-refractivity contribution >= 4 is 5.97 Å². The van der Waals surface area contributed by atoms with E-state index in [2.05, 4.69) is 5.10 Å². The Morgan fingerprint density at radius 2 is 1.82 bits per heavy atom. The predicted molar refractivity (Wildman–Crippen MR) is 142 cm³/mol. The number of aromatic nitrogens is 2. The number of methoxy groups -OCH3 is 1. The van der Waals surface area contributed by atoms with Crippen LogP contribution in [0.4, 0.5) is 4.39 Å². The minimum atomic E-state index is -1.65. The largest absolute Gasteiger partial charge is 0.497 e. The maximum atomic E-state index is 14.8. The first-order valence-corrected chi connectivity index (χ1v) is 13.0. The average Bonchev–Trinajstić information content (AvgIpc) is 3.24. The fourth-order valence-electron chi connectivity index (χ4n) is 4.57. The number of hydrogen-bond acceptors (Lipinski definition) is 9. The molecule has 4 rings (SSSR count). The Bertz CT molecular complexity index is 1300. The number of carbonyl (C=O) groups is 1. The molecule has 0 aliphatic carbocycles. The first-order valence-electron chi connectivity index (χ1n) is 13.0. The fourth-order valence-corrected chi connectivity index (χ4v) is 4.57. The molecule has 0 radical (unpaired) electrons. The van der Waals surface area contributed by atoms with Gasteiger partial charge in [0.2, 0.25) is 12.2 Å². The summed E-state index contributed by atoms with van der Waals surface area (Å²) in [5, 5.41) is 36.2. The van der Waals surface area contributed by atoms with Gasteiger partial charge in [0, 0.05) is 29.8 Å². The lowest BCUT2D eigenvalue weighted by atomic mass is 9.99. The van der Waals surface area contributed by atoms with Crippen LogP contribution < -0.4 is 9.47 Å². The van der Waals surface area contributed by atoms with Crippen LogP contribution in [0.3, 0.4) is 0 Å². The van der Waals surface area contributed by atoms with Gasteiger partial charge in [0.25, 0.3) is 0 Å². The topological polar surface area (TPSA) is 132 Å². The highest BCUT2D eigenvalue weighted by molar-refractivity contribution is 5.72. The van der Waals surface area contributed by atoms with Crippen molar-refractivity contribution < 1.29 is 43.5 Å². The summed E-state index contributed by atoms with van der Waals surface area (Å²) in [5.74, 6) is -0.551. The molecule has 0 spiro atoms. The van der Waals surface area contributed by atoms with Crippen molar-refractivity contribution in [1.29, 1.82) is 0 Å². The zero-order valence-corrected chi connectivity index (χ0v) is 22.9. The standard InChI is InChI=1S/C29H35FN2O8/c1-16(2)32-17(3)21(13-19-10-11-20(37-4)14-22(19)30)28(31-32)40-29-27(36)26(35)25(34)23(39-29)15-38-24(33)12-18-8-6-5-7-9-18/h5-11,14,16,23,25-27,29,34-36H,12-13,15H2,1-4H3/t23-,25-,26+,27-,29+/m1/s1. The normalized spacial score (nSPS) is 22.8. The second-order valence-electron chi connectivity index (χ2n) is 10.0. The first kappa shape index (κ1) is 29.5. The summed E-state index contributed by atoms with van der Waals surface area (Å²) < 4.78 is 38.6. The minimum Gasteiger partial charge on any atom is -0.497 e. The second-order valence-corrected chi connectivity index (χ2v) is 10.0. The van der Waals surface area contributed by atoms with E-state index in [9.17, 15) is 24.5 Å². The molecular weight excluding hydrogens is 523 g/mol. The lowest BCUT2D eigenvalue weighted by Gasteiger charge is -2.39. The lowest BCUT2D eigenvalue weighted by Crippen LogP contribution is -2.60. The highest BCUT2D eigenvalue weighted by Crippen LogP contribution is 2.31. The van der Waals surface area contributed by atoms with Gasteiger partial charge in [-0.1, -0.05) is 36.4 Å². The molecule has 40 heavy (non-hydrogen) atoms. The van der Waals surface area contributed by atoms with E-state index in [4.69, 9.17) is 18.9 Å². The van der Waals surface area contributed by atoms with E-state index in [1.165, 1.54) is 13.2 Å². The Balaban J connectivity index is 1.52. The summed E-state index contributed by atoms with van der Waals surface area (Å²) in [4.78, 5) is 12.3. The summed E-state index contributed by atoms with van der Waals surface area (Å²) in [5.41, 5.74) is 2.41. The Labute approximate surface area is 231 Å². The van der Waals surface area contributed by atoms with E-state index in [1.807, 2.05) is 26.8 Å². The Kier molecular flexibility index (Phi) is 9.41. The van der Waals surface area contributed by atoms with Crippen LogP contribution in [-0.4, -0.2) is 75.5 Å². The number of esters is 1. The average molecular weight is 559 g/mol. The molecule has 1 aliphatic rings. The summed E-state index contributed by atoms with van der Waals surface area (Å²) >= 11 is 0. The quantitative estimate of drug-likeness (QED) is 0.321. The maximum Gasteiger partial charge on any atom is 0.310 e. The highest BCUT2D eigenvalue weighted by atomic mass is 19.1. The van der Waals surface area contributed by atoms with E-state index < -0.39 is 42.5 Å². The molecule has 0 saturated carbocycles. The molecule has 3 aromatic rings. The summed E-state index contributed by atoms with van der Waals surface area (Å²) in [7, 11) is 1.45. The van der Waals surface area contributed by atoms with Gasteiger partial charge >= 0.3 is 5.97 Å². The Hall–Kier alpha value is -3.51. The maximum absolute atomic E-state index is 14.8. The number of benzene rings is 2. The van der Waals surface area contributed by atoms with Crippen LogP contribution in [0, 0.1) is 12.7 Å². The number of hydrogen-bond donors (Lipinski definition) is 3. The number of aliphatic hydroxyl groups excluding tert-OH is 3. The van der Waals surface area contributed by atoms with Gasteiger partial charge in [-0.25, -0.2) is 4.39 Å². The van der Waals surface area contributed by atoms with E-state index >= 15 is 0 Å². The molecule has 5 atom stereocenters. The molecule has 0 bridgehead atoms. The second kappa shape index (κ2) is 12.8. The molecule has 2 aromatic carbocycles. The van der Waals surface area contributed by atoms with Crippen LogP contribution >= 0.6 is 0 Å². The van der Waals surface area contributed by atoms with E-state index in [0.717, 1.165) is 11.3 Å². The van der Waals surface area contributed by atoms with E-state index in [-0.39, 0.29) is 31.4 Å². The van der Waals surface area contributed by atoms with Gasteiger partial charge in [-0.15, -0.1) is 5.10 Å². The number of ether oxygens (including phenoxy) is 4. The smallest absolute Gasteiger partial charge is 0.310 e. The number of nitrogens with zero attached hydrogens (tertiary/aromatic N) is 2. The molecule has 1 aromatic heterocycles. The molecule has 0 amide bonds. The van der Waals surface area contributed by atoms with Gasteiger partial charge < -0.3 is 34.3 Å². The third-order valence-electron chi connectivity index (χ3n) is 6.85. The van der Waals surface area contributed by atoms with Gasteiger partial charge in [-0.05, 0) is 38.0 Å². The zero-order valence-electron chi connectivity index (χ0n) is 22.9. The van der Waals surface area contributed by atoms with Crippen molar-refractivity contribution in [3.63, 3.8) is 0 Å². The van der Waals surface area contributed by atoms with E-state index in [0.29, 0.717) is 16.9 Å². The molecule has 10 nitrogen and oxygen atoms in total. The van der Waals surface area contributed by atoms with Crippen molar-refractivity contribution in [2.24, 2.45) is 0 Å². The lowest BCUT2D eigenvalue weighted by molar-refractivity contribution is -0.279. The van der Waals surface area contributed by atoms with Gasteiger partial charge in [0.05, 0.1) is 13.5 Å². The van der Waals surface area contributed by atoms with Crippen LogP contribution in [-0.2, 0) is 27.1 Å². The SMILES string of the molecule is COc1ccc(Cc2c(O[C@@H]3O[C@H](COC(=O)Cc4ccccc4)[C@@H](O)[C@H](O)[C@H]3O)nn(C(C)C)c2C)c(F)c1. The monoisotopic (exact) mass is 558 g/mol. The molecule has 11 heteroatoms. The van der Waals surface area contributed by atoms with Crippen molar-refractivity contribution in [2.45, 2.75) is 70.4 Å². The predicted octanol–water partition coefficient (Wildman–Crippen LogP) is 2.48. The fraction of sp³-hybridized carbons (Fsp3) is 0.448. The Morgan fingerprint density at radius 3 is 2.48 bits per heavy atom. The van der Waals surface area contributed by atoms with Gasteiger partial charge in [-0.2, -0.15) is 0 Å². The third kappa shape index (κ3) is 6.61. The molecule has 1 aliphatic heterocycles. The van der Waals surface area contributed by atoms with Crippen molar-refractivity contribution in [1.82, 2.24) is 9.78 Å². The number of rotatable bonds is 10. The van der Waals surface area contributed by atoms with Crippen molar-refractivity contribution in [3.05, 3.63) is 76.7 Å². The molecule has 3 N–H and O–H groups in total. The van der Waals surface area contributed by atoms with E-state index in [1.54, 1.807) is 41.1 Å².